The zero-order valence-corrected chi connectivity index (χ0v) is 14.3. The van der Waals surface area contributed by atoms with Crippen LogP contribution in [0.3, 0.4) is 0 Å². The van der Waals surface area contributed by atoms with E-state index in [-0.39, 0.29) is 29.5 Å². The maximum atomic E-state index is 12.3. The van der Waals surface area contributed by atoms with Gasteiger partial charge in [-0.2, -0.15) is 0 Å². The van der Waals surface area contributed by atoms with Crippen molar-refractivity contribution in [3.8, 4) is 5.75 Å². The minimum atomic E-state index is -4.03. The first-order valence-electron chi connectivity index (χ1n) is 7.01. The molecule has 1 aromatic heterocycles. The van der Waals surface area contributed by atoms with Crippen molar-refractivity contribution in [1.82, 2.24) is 4.72 Å². The van der Waals surface area contributed by atoms with Crippen molar-refractivity contribution < 1.29 is 22.7 Å². The van der Waals surface area contributed by atoms with Crippen molar-refractivity contribution in [3.63, 3.8) is 0 Å². The van der Waals surface area contributed by atoms with Crippen LogP contribution in [-0.2, 0) is 26.0 Å². The Labute approximate surface area is 142 Å². The quantitative estimate of drug-likeness (QED) is 0.852. The van der Waals surface area contributed by atoms with E-state index in [9.17, 15) is 18.0 Å². The van der Waals surface area contributed by atoms with Crippen molar-refractivity contribution in [1.29, 1.82) is 0 Å². The van der Waals surface area contributed by atoms with E-state index in [1.165, 1.54) is 29.5 Å². The summed E-state index contributed by atoms with van der Waals surface area (Å²) in [5.74, 6) is -0.599. The molecular weight excluding hydrogens is 352 g/mol. The number of carbonyl (C=O) groups excluding carboxylic acids is 2. The maximum Gasteiger partial charge on any atom is 0.264 e. The minimum Gasteiger partial charge on any atom is -0.482 e. The number of rotatable bonds is 4. The lowest BCUT2D eigenvalue weighted by Gasteiger charge is -2.18. The summed E-state index contributed by atoms with van der Waals surface area (Å²) >= 11 is 1.44. The predicted octanol–water partition coefficient (Wildman–Crippen LogP) is 1.44. The summed E-state index contributed by atoms with van der Waals surface area (Å²) in [6.45, 7) is 1.79. The van der Waals surface area contributed by atoms with Crippen LogP contribution < -0.4 is 14.8 Å². The van der Waals surface area contributed by atoms with E-state index in [1.54, 1.807) is 6.07 Å². The summed E-state index contributed by atoms with van der Waals surface area (Å²) in [6, 6.07) is 7.68. The highest BCUT2D eigenvalue weighted by molar-refractivity contribution is 7.90. The number of benzene rings is 1. The Balaban J connectivity index is 1.76. The number of nitrogens with one attached hydrogen (secondary N) is 2. The number of ether oxygens (including phenoxy) is 1. The first-order valence-corrected chi connectivity index (χ1v) is 9.31. The molecule has 3 rings (SSSR count). The predicted molar refractivity (Wildman–Crippen MR) is 88.7 cm³/mol. The van der Waals surface area contributed by atoms with Gasteiger partial charge in [0.2, 0.25) is 5.91 Å². The minimum absolute atomic E-state index is 0.0114. The lowest BCUT2D eigenvalue weighted by molar-refractivity contribution is -0.119. The van der Waals surface area contributed by atoms with Crippen molar-refractivity contribution >= 4 is 38.9 Å². The molecule has 0 fully saturated rings. The van der Waals surface area contributed by atoms with Crippen LogP contribution in [0.4, 0.5) is 5.69 Å². The molecule has 0 spiro atoms. The van der Waals surface area contributed by atoms with Crippen LogP contribution in [0.1, 0.15) is 9.75 Å². The first-order chi connectivity index (χ1) is 11.3. The molecule has 2 heterocycles. The molecule has 0 saturated heterocycles. The molecule has 2 N–H and O–H groups in total. The Morgan fingerprint density at radius 3 is 2.83 bits per heavy atom. The van der Waals surface area contributed by atoms with Crippen LogP contribution in [0.2, 0.25) is 0 Å². The molecule has 1 aliphatic heterocycles. The maximum absolute atomic E-state index is 12.3. The Kier molecular flexibility index (Phi) is 4.29. The molecular formula is C15H14N2O5S2. The van der Waals surface area contributed by atoms with Crippen molar-refractivity contribution in [2.45, 2.75) is 18.2 Å². The molecule has 1 aliphatic rings. The Morgan fingerprint density at radius 2 is 2.12 bits per heavy atom. The van der Waals surface area contributed by atoms with Crippen molar-refractivity contribution in [2.24, 2.45) is 0 Å². The van der Waals surface area contributed by atoms with Crippen molar-refractivity contribution in [3.05, 3.63) is 40.1 Å². The number of sulfonamides is 1. The van der Waals surface area contributed by atoms with Crippen LogP contribution in [0.5, 0.6) is 5.75 Å². The summed E-state index contributed by atoms with van der Waals surface area (Å²) in [4.78, 5) is 25.0. The summed E-state index contributed by atoms with van der Waals surface area (Å²) in [6.07, 6.45) is -0.0114. The van der Waals surface area contributed by atoms with Gasteiger partial charge >= 0.3 is 0 Å². The van der Waals surface area contributed by atoms with Gasteiger partial charge in [0, 0.05) is 9.75 Å². The number of fused-ring (bicyclic) bond motifs is 1. The zero-order chi connectivity index (χ0) is 17.3. The van der Waals surface area contributed by atoms with Gasteiger partial charge in [0.25, 0.3) is 15.9 Å². The molecule has 2 amide bonds. The smallest absolute Gasteiger partial charge is 0.264 e. The molecule has 9 heteroatoms. The highest BCUT2D eigenvalue weighted by Crippen LogP contribution is 2.30. The van der Waals surface area contributed by atoms with Crippen LogP contribution in [-0.4, -0.2) is 26.8 Å². The van der Waals surface area contributed by atoms with E-state index in [0.717, 1.165) is 9.75 Å². The van der Waals surface area contributed by atoms with E-state index in [1.807, 2.05) is 17.7 Å². The fourth-order valence-corrected chi connectivity index (χ4v) is 4.11. The van der Waals surface area contributed by atoms with E-state index in [4.69, 9.17) is 4.74 Å². The normalized spacial score (nSPS) is 13.6. The Morgan fingerprint density at radius 1 is 1.33 bits per heavy atom. The highest BCUT2D eigenvalue weighted by atomic mass is 32.2. The summed E-state index contributed by atoms with van der Waals surface area (Å²) in [7, 11) is -4.03. The van der Waals surface area contributed by atoms with Crippen molar-refractivity contribution in [2.75, 3.05) is 11.9 Å². The first kappa shape index (κ1) is 16.5. The topological polar surface area (TPSA) is 102 Å². The second-order valence-corrected chi connectivity index (χ2v) is 8.27. The van der Waals surface area contributed by atoms with Gasteiger partial charge in [-0.25, -0.2) is 13.1 Å². The van der Waals surface area contributed by atoms with E-state index in [0.29, 0.717) is 5.75 Å². The molecule has 1 aromatic carbocycles. The van der Waals surface area contributed by atoms with E-state index < -0.39 is 15.9 Å². The van der Waals surface area contributed by atoms with Gasteiger partial charge in [-0.15, -0.1) is 11.3 Å². The molecule has 2 aromatic rings. The molecule has 0 unspecified atom stereocenters. The Bertz CT molecular complexity index is 918. The molecule has 0 bridgehead atoms. The Hall–Kier alpha value is -2.39. The molecule has 24 heavy (non-hydrogen) atoms. The largest absolute Gasteiger partial charge is 0.482 e. The molecule has 0 radical (unpaired) electrons. The molecule has 7 nitrogen and oxygen atoms in total. The number of hydrogen-bond donors (Lipinski definition) is 2. The number of aryl methyl sites for hydroxylation is 1. The van der Waals surface area contributed by atoms with Gasteiger partial charge in [-0.05, 0) is 37.3 Å². The molecule has 0 saturated carbocycles. The highest BCUT2D eigenvalue weighted by Gasteiger charge is 2.22. The van der Waals surface area contributed by atoms with Crippen LogP contribution in [0.15, 0.2) is 35.2 Å². The van der Waals surface area contributed by atoms with Gasteiger partial charge in [-0.3, -0.25) is 9.59 Å². The second-order valence-electron chi connectivity index (χ2n) is 5.21. The number of thiophene rings is 1. The number of carbonyl (C=O) groups is 2. The monoisotopic (exact) mass is 366 g/mol. The molecule has 126 valence electrons. The average Bonchev–Trinajstić information content (AvgIpc) is 2.90. The fourth-order valence-electron chi connectivity index (χ4n) is 2.21. The standard InChI is InChI=1S/C15H14N2O5S2/c1-9-2-3-10(23-9)6-14(18)17-24(20,21)11-4-5-13-12(7-11)16-15(19)8-22-13/h2-5,7H,6,8H2,1H3,(H,16,19)(H,17,18). The number of amides is 2. The lowest BCUT2D eigenvalue weighted by atomic mass is 10.2. The summed E-state index contributed by atoms with van der Waals surface area (Å²) in [5.41, 5.74) is 0.260. The summed E-state index contributed by atoms with van der Waals surface area (Å²) in [5, 5.41) is 2.53. The average molecular weight is 366 g/mol. The third kappa shape index (κ3) is 3.57. The number of anilines is 1. The third-order valence-corrected chi connectivity index (χ3v) is 5.64. The SMILES string of the molecule is Cc1ccc(CC(=O)NS(=O)(=O)c2ccc3c(c2)NC(=O)CO3)s1. The lowest BCUT2D eigenvalue weighted by Crippen LogP contribution is -2.32. The van der Waals surface area contributed by atoms with Gasteiger partial charge in [0.05, 0.1) is 17.0 Å². The van der Waals surface area contributed by atoms with Crippen LogP contribution >= 0.6 is 11.3 Å². The zero-order valence-electron chi connectivity index (χ0n) is 12.7. The van der Waals surface area contributed by atoms with Crippen LogP contribution in [0.25, 0.3) is 0 Å². The van der Waals surface area contributed by atoms with E-state index >= 15 is 0 Å². The van der Waals surface area contributed by atoms with Gasteiger partial charge in [0.15, 0.2) is 6.61 Å². The molecule has 0 aliphatic carbocycles. The molecule has 0 atom stereocenters. The van der Waals surface area contributed by atoms with Crippen LogP contribution in [0, 0.1) is 6.92 Å². The van der Waals surface area contributed by atoms with Gasteiger partial charge < -0.3 is 10.1 Å². The second kappa shape index (κ2) is 6.25. The van der Waals surface area contributed by atoms with Gasteiger partial charge in [0.1, 0.15) is 5.75 Å². The number of hydrogen-bond acceptors (Lipinski definition) is 6. The summed E-state index contributed by atoms with van der Waals surface area (Å²) < 4.78 is 31.9. The fraction of sp³-hybridized carbons (Fsp3) is 0.200. The third-order valence-electron chi connectivity index (χ3n) is 3.27. The van der Waals surface area contributed by atoms with E-state index in [2.05, 4.69) is 5.32 Å². The van der Waals surface area contributed by atoms with Gasteiger partial charge in [-0.1, -0.05) is 0 Å².